The molecule has 2 heterocycles. The summed E-state index contributed by atoms with van der Waals surface area (Å²) < 4.78 is 30.2. The van der Waals surface area contributed by atoms with Crippen LogP contribution in [0, 0.1) is 0 Å². The van der Waals surface area contributed by atoms with Gasteiger partial charge in [0.05, 0.1) is 0 Å². The topological polar surface area (TPSA) is 87.0 Å². The maximum absolute atomic E-state index is 10.9. The highest BCUT2D eigenvalue weighted by Gasteiger charge is 2.25. The Morgan fingerprint density at radius 3 is 2.79 bits per heavy atom. The Morgan fingerprint density at radius 1 is 1.43 bits per heavy atom. The van der Waals surface area contributed by atoms with Gasteiger partial charge in [0, 0.05) is 6.20 Å². The molecule has 0 aromatic carbocycles. The summed E-state index contributed by atoms with van der Waals surface area (Å²) in [5.41, 5.74) is 0. The van der Waals surface area contributed by atoms with E-state index in [1.54, 1.807) is 0 Å². The second-order valence-corrected chi connectivity index (χ2v) is 4.25. The molecular weight excluding hydrogens is 208 g/mol. The van der Waals surface area contributed by atoms with E-state index in [2.05, 4.69) is 4.99 Å². The summed E-state index contributed by atoms with van der Waals surface area (Å²) in [4.78, 5) is 15.6. The lowest BCUT2D eigenvalue weighted by atomic mass is 10.3. The lowest BCUT2D eigenvalue weighted by molar-refractivity contribution is -0.116. The van der Waals surface area contributed by atoms with E-state index in [-0.39, 0.29) is 17.4 Å². The minimum Gasteiger partial charge on any atom is -0.322 e. The van der Waals surface area contributed by atoms with Crippen LogP contribution in [-0.4, -0.2) is 36.2 Å². The van der Waals surface area contributed by atoms with Crippen LogP contribution < -0.4 is 0 Å². The van der Waals surface area contributed by atoms with E-state index in [1.807, 2.05) is 0 Å². The molecule has 0 aliphatic carbocycles. The summed E-state index contributed by atoms with van der Waals surface area (Å²) in [5.74, 6) is 0.0555. The van der Waals surface area contributed by atoms with Crippen LogP contribution in [0.3, 0.4) is 0 Å². The van der Waals surface area contributed by atoms with Gasteiger partial charge in [0.2, 0.25) is 0 Å². The van der Waals surface area contributed by atoms with Crippen LogP contribution >= 0.6 is 0 Å². The number of aliphatic imine (C=N–C) groups is 1. The van der Waals surface area contributed by atoms with E-state index in [0.717, 1.165) is 0 Å². The maximum Gasteiger partial charge on any atom is 0.295 e. The van der Waals surface area contributed by atoms with E-state index in [0.29, 0.717) is 5.84 Å². The Balaban J connectivity index is 2.40. The fourth-order valence-electron chi connectivity index (χ4n) is 1.20. The number of hydrogen-bond donors (Lipinski definition) is 1. The molecule has 0 radical (unpaired) electrons. The highest BCUT2D eigenvalue weighted by Crippen LogP contribution is 2.17. The van der Waals surface area contributed by atoms with Gasteiger partial charge >= 0.3 is 0 Å². The molecular formula is C7H6N2O4S. The van der Waals surface area contributed by atoms with Gasteiger partial charge in [0.1, 0.15) is 17.3 Å². The Morgan fingerprint density at radius 2 is 2.14 bits per heavy atom. The molecule has 2 aliphatic rings. The van der Waals surface area contributed by atoms with Crippen molar-refractivity contribution in [2.24, 2.45) is 4.99 Å². The molecule has 74 valence electrons. The van der Waals surface area contributed by atoms with Gasteiger partial charge < -0.3 is 4.90 Å². The van der Waals surface area contributed by atoms with Crippen molar-refractivity contribution in [3.05, 3.63) is 23.3 Å². The molecule has 14 heavy (non-hydrogen) atoms. The van der Waals surface area contributed by atoms with Crippen molar-refractivity contribution in [1.29, 1.82) is 0 Å². The first-order valence-corrected chi connectivity index (χ1v) is 5.16. The van der Waals surface area contributed by atoms with Crippen molar-refractivity contribution in [3.8, 4) is 0 Å². The highest BCUT2D eigenvalue weighted by atomic mass is 32.2. The Hall–Kier alpha value is -1.47. The van der Waals surface area contributed by atoms with E-state index in [1.165, 1.54) is 23.3 Å². The smallest absolute Gasteiger partial charge is 0.295 e. The molecule has 0 saturated carbocycles. The van der Waals surface area contributed by atoms with Gasteiger partial charge in [0.25, 0.3) is 16.0 Å². The number of amides is 1. The minimum absolute atomic E-state index is 0.0126. The third-order valence-electron chi connectivity index (χ3n) is 1.82. The molecule has 2 aliphatic heterocycles. The van der Waals surface area contributed by atoms with Crippen molar-refractivity contribution in [1.82, 2.24) is 4.90 Å². The first-order chi connectivity index (χ1) is 6.47. The number of carbonyl (C=O) groups excluding carboxylic acids is 1. The summed E-state index contributed by atoms with van der Waals surface area (Å²) in [5, 5.41) is 0. The summed E-state index contributed by atoms with van der Waals surface area (Å²) in [6, 6.07) is 0. The molecule has 0 fully saturated rings. The first kappa shape index (κ1) is 9.10. The number of fused-ring (bicyclic) bond motifs is 1. The normalized spacial score (nSPS) is 20.6. The van der Waals surface area contributed by atoms with E-state index < -0.39 is 10.1 Å². The number of allylic oxidation sites excluding steroid dienone is 1. The SMILES string of the molecule is O=C1CN2C=C(S(=O)(=O)O)C=CC2=N1. The van der Waals surface area contributed by atoms with Gasteiger partial charge in [-0.05, 0) is 12.2 Å². The molecule has 2 rings (SSSR count). The largest absolute Gasteiger partial charge is 0.322 e. The monoisotopic (exact) mass is 214 g/mol. The average molecular weight is 214 g/mol. The zero-order chi connectivity index (χ0) is 10.3. The molecule has 0 spiro atoms. The third kappa shape index (κ3) is 1.47. The van der Waals surface area contributed by atoms with Gasteiger partial charge in [0.15, 0.2) is 0 Å². The number of amidine groups is 1. The Labute approximate surface area is 80.0 Å². The number of nitrogens with zero attached hydrogens (tertiary/aromatic N) is 2. The van der Waals surface area contributed by atoms with E-state index >= 15 is 0 Å². The minimum atomic E-state index is -4.22. The lowest BCUT2D eigenvalue weighted by Crippen LogP contribution is -2.25. The van der Waals surface area contributed by atoms with E-state index in [4.69, 9.17) is 4.55 Å². The van der Waals surface area contributed by atoms with Crippen molar-refractivity contribution in [2.45, 2.75) is 0 Å². The van der Waals surface area contributed by atoms with Crippen molar-refractivity contribution in [3.63, 3.8) is 0 Å². The van der Waals surface area contributed by atoms with E-state index in [9.17, 15) is 13.2 Å². The standard InChI is InChI=1S/C7H6N2O4S/c10-7-4-9-3-5(14(11,12)13)1-2-6(9)8-7/h1-3H,4H2,(H,11,12,13). The molecule has 7 heteroatoms. The zero-order valence-corrected chi connectivity index (χ0v) is 7.73. The first-order valence-electron chi connectivity index (χ1n) is 3.72. The number of carbonyl (C=O) groups is 1. The molecule has 1 N–H and O–H groups in total. The zero-order valence-electron chi connectivity index (χ0n) is 6.91. The summed E-state index contributed by atoms with van der Waals surface area (Å²) in [7, 11) is -4.22. The fraction of sp³-hybridized carbons (Fsp3) is 0.143. The molecule has 1 amide bonds. The fourth-order valence-corrected chi connectivity index (χ4v) is 1.71. The molecule has 0 unspecified atom stereocenters. The number of hydrogen-bond acceptors (Lipinski definition) is 4. The predicted molar refractivity (Wildman–Crippen MR) is 47.9 cm³/mol. The summed E-state index contributed by atoms with van der Waals surface area (Å²) >= 11 is 0. The molecule has 0 aromatic heterocycles. The Kier molecular flexibility index (Phi) is 1.79. The van der Waals surface area contributed by atoms with Gasteiger partial charge in [-0.15, -0.1) is 0 Å². The van der Waals surface area contributed by atoms with Crippen molar-refractivity contribution < 1.29 is 17.8 Å². The van der Waals surface area contributed by atoms with Gasteiger partial charge in [-0.1, -0.05) is 0 Å². The van der Waals surface area contributed by atoms with Crippen LogP contribution in [-0.2, 0) is 14.9 Å². The molecule has 6 nitrogen and oxygen atoms in total. The Bertz CT molecular complexity index is 486. The van der Waals surface area contributed by atoms with Crippen LogP contribution in [0.1, 0.15) is 0 Å². The molecule has 0 aromatic rings. The predicted octanol–water partition coefficient (Wildman–Crippen LogP) is -0.474. The van der Waals surface area contributed by atoms with Crippen molar-refractivity contribution in [2.75, 3.05) is 6.54 Å². The average Bonchev–Trinajstić information content (AvgIpc) is 2.41. The second-order valence-electron chi connectivity index (χ2n) is 2.83. The number of rotatable bonds is 1. The lowest BCUT2D eigenvalue weighted by Gasteiger charge is -2.16. The molecule has 0 bridgehead atoms. The molecule has 0 saturated heterocycles. The maximum atomic E-state index is 10.9. The van der Waals surface area contributed by atoms with Crippen LogP contribution in [0.5, 0.6) is 0 Å². The van der Waals surface area contributed by atoms with Crippen LogP contribution in [0.25, 0.3) is 0 Å². The van der Waals surface area contributed by atoms with Crippen molar-refractivity contribution >= 4 is 21.9 Å². The van der Waals surface area contributed by atoms with Crippen LogP contribution in [0.4, 0.5) is 0 Å². The van der Waals surface area contributed by atoms with Gasteiger partial charge in [-0.2, -0.15) is 13.4 Å². The summed E-state index contributed by atoms with van der Waals surface area (Å²) in [6.45, 7) is 0.0126. The van der Waals surface area contributed by atoms with Gasteiger partial charge in [-0.25, -0.2) is 0 Å². The van der Waals surface area contributed by atoms with Gasteiger partial charge in [-0.3, -0.25) is 9.35 Å². The second kappa shape index (κ2) is 2.76. The van der Waals surface area contributed by atoms with Crippen LogP contribution in [0.2, 0.25) is 0 Å². The molecule has 0 atom stereocenters. The van der Waals surface area contributed by atoms with Crippen LogP contribution in [0.15, 0.2) is 28.2 Å². The quantitative estimate of drug-likeness (QED) is 0.596. The summed E-state index contributed by atoms with van der Waals surface area (Å²) in [6.07, 6.45) is 3.75. The highest BCUT2D eigenvalue weighted by molar-refractivity contribution is 7.90. The third-order valence-corrected chi connectivity index (χ3v) is 2.65.